The van der Waals surface area contributed by atoms with Crippen LogP contribution in [0.25, 0.3) is 0 Å². The number of benzene rings is 1. The fourth-order valence-corrected chi connectivity index (χ4v) is 3.62. The van der Waals surface area contributed by atoms with Crippen LogP contribution in [-0.2, 0) is 11.2 Å². The maximum Gasteiger partial charge on any atom is 0.255 e. The van der Waals surface area contributed by atoms with Crippen LogP contribution in [0.5, 0.6) is 5.75 Å². The van der Waals surface area contributed by atoms with E-state index < -0.39 is 6.04 Å². The number of amides is 1. The highest BCUT2D eigenvalue weighted by molar-refractivity contribution is 6.06. The van der Waals surface area contributed by atoms with Gasteiger partial charge in [-0.1, -0.05) is 18.2 Å². The minimum absolute atomic E-state index is 0.0627. The summed E-state index contributed by atoms with van der Waals surface area (Å²) >= 11 is 0. The largest absolute Gasteiger partial charge is 0.495 e. The Hall–Kier alpha value is -3.72. The molecule has 1 aliphatic rings. The number of nitrogens with one attached hydrogen (secondary N) is 2. The lowest BCUT2D eigenvalue weighted by Crippen LogP contribution is -2.31. The standard InChI is InChI=1S/C22H24N6O3/c1-14-19(21(30)25-16-8-3-4-9-17(16)31-2)20(15-7-5-11-23-13-15)28-22(24-14)26-18(27-28)10-6-12-29/h3-5,7-9,11,13,20,29H,6,10,12H2,1-2H3,(H,25,30)(H,24,26,27)/t20-/m1/s1. The van der Waals surface area contributed by atoms with E-state index in [1.165, 1.54) is 0 Å². The minimum atomic E-state index is -0.505. The van der Waals surface area contributed by atoms with Gasteiger partial charge in [0.15, 0.2) is 5.82 Å². The Labute approximate surface area is 179 Å². The summed E-state index contributed by atoms with van der Waals surface area (Å²) in [4.78, 5) is 22.2. The van der Waals surface area contributed by atoms with E-state index in [1.54, 1.807) is 36.3 Å². The SMILES string of the molecule is COc1ccccc1NC(=O)C1=C(C)Nc2nc(CCCO)nn2[C@@H]1c1cccnc1. The van der Waals surface area contributed by atoms with Crippen molar-refractivity contribution in [2.75, 3.05) is 24.4 Å². The molecule has 0 aliphatic carbocycles. The molecule has 0 spiro atoms. The van der Waals surface area contributed by atoms with Crippen molar-refractivity contribution in [2.45, 2.75) is 25.8 Å². The summed E-state index contributed by atoms with van der Waals surface area (Å²) in [6.07, 6.45) is 4.51. The third-order valence-corrected chi connectivity index (χ3v) is 5.05. The van der Waals surface area contributed by atoms with Crippen molar-refractivity contribution in [1.82, 2.24) is 19.7 Å². The highest BCUT2D eigenvalue weighted by Gasteiger charge is 2.34. The molecule has 3 aromatic rings. The van der Waals surface area contributed by atoms with Gasteiger partial charge in [-0.2, -0.15) is 10.1 Å². The van der Waals surface area contributed by atoms with Crippen molar-refractivity contribution in [3.8, 4) is 5.75 Å². The zero-order valence-electron chi connectivity index (χ0n) is 17.4. The van der Waals surface area contributed by atoms with E-state index in [2.05, 4.69) is 25.7 Å². The number of aliphatic hydroxyl groups excluding tert-OH is 1. The number of pyridine rings is 1. The Kier molecular flexibility index (Phi) is 5.94. The molecule has 9 nitrogen and oxygen atoms in total. The molecule has 0 unspecified atom stereocenters. The van der Waals surface area contributed by atoms with Gasteiger partial charge in [-0.05, 0) is 37.1 Å². The normalized spacial score (nSPS) is 15.3. The fraction of sp³-hybridized carbons (Fsp3) is 0.273. The number of carbonyl (C=O) groups excluding carboxylic acids is 1. The summed E-state index contributed by atoms with van der Waals surface area (Å²) in [6.45, 7) is 1.90. The van der Waals surface area contributed by atoms with Crippen LogP contribution in [0.2, 0.25) is 0 Å². The van der Waals surface area contributed by atoms with Gasteiger partial charge < -0.3 is 20.5 Å². The zero-order chi connectivity index (χ0) is 21.8. The predicted octanol–water partition coefficient (Wildman–Crippen LogP) is 2.53. The van der Waals surface area contributed by atoms with Crippen LogP contribution >= 0.6 is 0 Å². The van der Waals surface area contributed by atoms with E-state index in [-0.39, 0.29) is 12.5 Å². The van der Waals surface area contributed by atoms with Crippen LogP contribution in [0.4, 0.5) is 11.6 Å². The van der Waals surface area contributed by atoms with Crippen LogP contribution < -0.4 is 15.4 Å². The van der Waals surface area contributed by atoms with Crippen molar-refractivity contribution in [3.05, 3.63) is 71.4 Å². The molecule has 1 atom stereocenters. The van der Waals surface area contributed by atoms with E-state index in [0.29, 0.717) is 47.3 Å². The lowest BCUT2D eigenvalue weighted by molar-refractivity contribution is -0.113. The molecule has 0 fully saturated rings. The third kappa shape index (κ3) is 4.13. The summed E-state index contributed by atoms with van der Waals surface area (Å²) in [6, 6.07) is 10.5. The van der Waals surface area contributed by atoms with Crippen LogP contribution in [0.3, 0.4) is 0 Å². The monoisotopic (exact) mass is 420 g/mol. The number of allylic oxidation sites excluding steroid dienone is 1. The van der Waals surface area contributed by atoms with Gasteiger partial charge >= 0.3 is 0 Å². The van der Waals surface area contributed by atoms with E-state index >= 15 is 0 Å². The van der Waals surface area contributed by atoms with Gasteiger partial charge in [0.05, 0.1) is 18.4 Å². The third-order valence-electron chi connectivity index (χ3n) is 5.05. The molecule has 1 aromatic carbocycles. The second-order valence-corrected chi connectivity index (χ2v) is 7.13. The number of anilines is 2. The van der Waals surface area contributed by atoms with Gasteiger partial charge in [0.25, 0.3) is 5.91 Å². The predicted molar refractivity (Wildman–Crippen MR) is 116 cm³/mol. The highest BCUT2D eigenvalue weighted by atomic mass is 16.5. The summed E-state index contributed by atoms with van der Waals surface area (Å²) < 4.78 is 7.07. The Bertz CT molecular complexity index is 1110. The molecule has 0 radical (unpaired) electrons. The van der Waals surface area contributed by atoms with Crippen molar-refractivity contribution in [2.24, 2.45) is 0 Å². The average Bonchev–Trinajstić information content (AvgIpc) is 3.19. The van der Waals surface area contributed by atoms with Crippen LogP contribution in [-0.4, -0.2) is 44.5 Å². The molecule has 1 aliphatic heterocycles. The Morgan fingerprint density at radius 3 is 2.87 bits per heavy atom. The number of rotatable bonds is 7. The second kappa shape index (κ2) is 8.97. The molecule has 4 rings (SSSR count). The molecule has 31 heavy (non-hydrogen) atoms. The summed E-state index contributed by atoms with van der Waals surface area (Å²) in [5.74, 6) is 1.45. The molecular weight excluding hydrogens is 396 g/mol. The maximum absolute atomic E-state index is 13.4. The Morgan fingerprint density at radius 1 is 1.29 bits per heavy atom. The van der Waals surface area contributed by atoms with Crippen LogP contribution in [0.15, 0.2) is 60.1 Å². The van der Waals surface area contributed by atoms with E-state index in [1.807, 2.05) is 31.2 Å². The number of ether oxygens (including phenoxy) is 1. The first-order chi connectivity index (χ1) is 15.1. The lowest BCUT2D eigenvalue weighted by Gasteiger charge is -2.28. The molecule has 0 bridgehead atoms. The number of fused-ring (bicyclic) bond motifs is 1. The van der Waals surface area contributed by atoms with Gasteiger partial charge in [0, 0.05) is 31.1 Å². The molecule has 9 heteroatoms. The van der Waals surface area contributed by atoms with E-state index in [9.17, 15) is 4.79 Å². The first kappa shape index (κ1) is 20.5. The topological polar surface area (TPSA) is 114 Å². The number of nitrogens with zero attached hydrogens (tertiary/aromatic N) is 4. The van der Waals surface area contributed by atoms with Crippen molar-refractivity contribution >= 4 is 17.5 Å². The molecule has 0 saturated carbocycles. The smallest absolute Gasteiger partial charge is 0.255 e. The van der Waals surface area contributed by atoms with Gasteiger partial charge in [-0.25, -0.2) is 4.68 Å². The highest BCUT2D eigenvalue weighted by Crippen LogP contribution is 2.36. The van der Waals surface area contributed by atoms with Crippen LogP contribution in [0, 0.1) is 0 Å². The Balaban J connectivity index is 1.74. The molecule has 160 valence electrons. The number of hydrogen-bond acceptors (Lipinski definition) is 7. The lowest BCUT2D eigenvalue weighted by atomic mass is 9.96. The zero-order valence-corrected chi connectivity index (χ0v) is 17.4. The minimum Gasteiger partial charge on any atom is -0.495 e. The van der Waals surface area contributed by atoms with Crippen molar-refractivity contribution in [3.63, 3.8) is 0 Å². The summed E-state index contributed by atoms with van der Waals surface area (Å²) in [5.41, 5.74) is 2.57. The second-order valence-electron chi connectivity index (χ2n) is 7.13. The average molecular weight is 420 g/mol. The molecular formula is C22H24N6O3. The van der Waals surface area contributed by atoms with Crippen LogP contribution in [0.1, 0.15) is 30.8 Å². The number of methoxy groups -OCH3 is 1. The fourth-order valence-electron chi connectivity index (χ4n) is 3.62. The quantitative estimate of drug-likeness (QED) is 0.538. The van der Waals surface area contributed by atoms with Gasteiger partial charge in [0.1, 0.15) is 11.8 Å². The molecule has 0 saturated heterocycles. The number of aromatic nitrogens is 4. The summed E-state index contributed by atoms with van der Waals surface area (Å²) in [7, 11) is 1.56. The first-order valence-corrected chi connectivity index (χ1v) is 10.0. The Morgan fingerprint density at radius 2 is 2.13 bits per heavy atom. The number of aliphatic hydroxyl groups is 1. The number of hydrogen-bond donors (Lipinski definition) is 3. The van der Waals surface area contributed by atoms with Gasteiger partial charge in [-0.3, -0.25) is 9.78 Å². The number of aryl methyl sites for hydroxylation is 1. The van der Waals surface area contributed by atoms with E-state index in [0.717, 1.165) is 5.56 Å². The van der Waals surface area contributed by atoms with Crippen molar-refractivity contribution < 1.29 is 14.6 Å². The molecule has 1 amide bonds. The first-order valence-electron chi connectivity index (χ1n) is 10.0. The number of carbonyl (C=O) groups is 1. The van der Waals surface area contributed by atoms with E-state index in [4.69, 9.17) is 9.84 Å². The molecule has 3 N–H and O–H groups in total. The van der Waals surface area contributed by atoms with Crippen molar-refractivity contribution in [1.29, 1.82) is 0 Å². The number of para-hydroxylation sites is 2. The van der Waals surface area contributed by atoms with Gasteiger partial charge in [-0.15, -0.1) is 0 Å². The summed E-state index contributed by atoms with van der Waals surface area (Å²) in [5, 5.41) is 19.9. The maximum atomic E-state index is 13.4. The molecule has 3 heterocycles. The van der Waals surface area contributed by atoms with Gasteiger partial charge in [0.2, 0.25) is 5.95 Å². The molecule has 2 aromatic heterocycles.